The second-order valence-corrected chi connectivity index (χ2v) is 5.04. The first kappa shape index (κ1) is 8.77. The van der Waals surface area contributed by atoms with E-state index in [9.17, 15) is 0 Å². The number of aromatic nitrogens is 2. The molecule has 0 saturated carbocycles. The molecule has 68 valence electrons. The third kappa shape index (κ3) is 1.62. The number of nitrogens with one attached hydrogen (secondary N) is 1. The lowest BCUT2D eigenvalue weighted by Crippen LogP contribution is -1.83. The number of fused-ring (bicyclic) bond motifs is 1. The smallest absolute Gasteiger partial charge is 0.153 e. The molecular weight excluding hydrogens is 202 g/mol. The van der Waals surface area contributed by atoms with E-state index < -0.39 is 0 Å². The van der Waals surface area contributed by atoms with Gasteiger partial charge in [0.05, 0.1) is 5.52 Å². The predicted octanol–water partition coefficient (Wildman–Crippen LogP) is 2.52. The highest BCUT2D eigenvalue weighted by Gasteiger charge is 2.02. The molecule has 1 aromatic carbocycles. The van der Waals surface area contributed by atoms with Crippen LogP contribution >= 0.6 is 21.6 Å². The van der Waals surface area contributed by atoms with Gasteiger partial charge in [-0.25, -0.2) is 0 Å². The number of nitrogen functional groups attached to an aromatic ring is 1. The summed E-state index contributed by atoms with van der Waals surface area (Å²) >= 11 is 0. The van der Waals surface area contributed by atoms with Crippen LogP contribution < -0.4 is 5.73 Å². The van der Waals surface area contributed by atoms with Crippen molar-refractivity contribution in [2.24, 2.45) is 0 Å². The maximum Gasteiger partial charge on any atom is 0.153 e. The summed E-state index contributed by atoms with van der Waals surface area (Å²) in [6.07, 6.45) is 2.05. The topological polar surface area (TPSA) is 54.7 Å². The lowest BCUT2D eigenvalue weighted by molar-refractivity contribution is 1.12. The maximum absolute atomic E-state index is 5.65. The molecule has 0 aliphatic carbocycles. The standard InChI is InChI=1S/C8H9N3S2/c1-12-13-5-2-3-6-7(4-5)10-11-8(6)9/h2-4H,1H3,(H3,9,10,11). The summed E-state index contributed by atoms with van der Waals surface area (Å²) in [6, 6.07) is 6.10. The quantitative estimate of drug-likeness (QED) is 0.749. The molecular formula is C8H9N3S2. The van der Waals surface area contributed by atoms with Gasteiger partial charge in [-0.3, -0.25) is 5.10 Å². The van der Waals surface area contributed by atoms with Crippen molar-refractivity contribution in [1.29, 1.82) is 0 Å². The van der Waals surface area contributed by atoms with Crippen LogP contribution in [0.2, 0.25) is 0 Å². The summed E-state index contributed by atoms with van der Waals surface area (Å²) in [7, 11) is 3.45. The molecule has 0 fully saturated rings. The molecule has 0 bridgehead atoms. The predicted molar refractivity (Wildman–Crippen MR) is 59.9 cm³/mol. The van der Waals surface area contributed by atoms with Crippen LogP contribution in [0.1, 0.15) is 0 Å². The van der Waals surface area contributed by atoms with E-state index in [4.69, 9.17) is 5.73 Å². The van der Waals surface area contributed by atoms with Gasteiger partial charge in [0.25, 0.3) is 0 Å². The Hall–Kier alpha value is -0.810. The minimum absolute atomic E-state index is 0.565. The number of hydrogen-bond donors (Lipinski definition) is 2. The van der Waals surface area contributed by atoms with Gasteiger partial charge in [-0.05, 0) is 24.5 Å². The van der Waals surface area contributed by atoms with Crippen molar-refractivity contribution in [3.05, 3.63) is 18.2 Å². The van der Waals surface area contributed by atoms with Crippen LogP contribution in [0.15, 0.2) is 23.1 Å². The fourth-order valence-corrected chi connectivity index (χ4v) is 2.54. The molecule has 0 unspecified atom stereocenters. The summed E-state index contributed by atoms with van der Waals surface area (Å²) in [5.41, 5.74) is 6.64. The summed E-state index contributed by atoms with van der Waals surface area (Å²) in [6.45, 7) is 0. The summed E-state index contributed by atoms with van der Waals surface area (Å²) in [5, 5.41) is 7.81. The largest absolute Gasteiger partial charge is 0.382 e. The lowest BCUT2D eigenvalue weighted by atomic mass is 10.2. The second kappa shape index (κ2) is 3.51. The molecule has 13 heavy (non-hydrogen) atoms. The Kier molecular flexibility index (Phi) is 2.37. The molecule has 0 radical (unpaired) electrons. The Labute approximate surface area is 83.9 Å². The monoisotopic (exact) mass is 211 g/mol. The number of H-pyrrole nitrogens is 1. The van der Waals surface area contributed by atoms with Crippen molar-refractivity contribution >= 4 is 38.3 Å². The summed E-state index contributed by atoms with van der Waals surface area (Å²) in [4.78, 5) is 1.21. The van der Waals surface area contributed by atoms with Crippen LogP contribution in [-0.2, 0) is 0 Å². The Morgan fingerprint density at radius 1 is 1.46 bits per heavy atom. The molecule has 1 aromatic heterocycles. The highest BCUT2D eigenvalue weighted by Crippen LogP contribution is 2.31. The van der Waals surface area contributed by atoms with Crippen LogP contribution in [0.25, 0.3) is 10.9 Å². The third-order valence-electron chi connectivity index (χ3n) is 1.74. The first-order chi connectivity index (χ1) is 6.31. The number of aromatic amines is 1. The average Bonchev–Trinajstić information content (AvgIpc) is 2.48. The Balaban J connectivity index is 2.50. The van der Waals surface area contributed by atoms with E-state index in [0.717, 1.165) is 10.9 Å². The van der Waals surface area contributed by atoms with Gasteiger partial charge in [0.15, 0.2) is 5.82 Å². The van der Waals surface area contributed by atoms with Crippen LogP contribution in [0.3, 0.4) is 0 Å². The van der Waals surface area contributed by atoms with Gasteiger partial charge in [0, 0.05) is 10.3 Å². The second-order valence-electron chi connectivity index (χ2n) is 2.57. The van der Waals surface area contributed by atoms with Crippen molar-refractivity contribution in [3.63, 3.8) is 0 Å². The van der Waals surface area contributed by atoms with Crippen molar-refractivity contribution in [3.8, 4) is 0 Å². The molecule has 0 amide bonds. The molecule has 0 aliphatic heterocycles. The minimum Gasteiger partial charge on any atom is -0.382 e. The van der Waals surface area contributed by atoms with E-state index in [-0.39, 0.29) is 0 Å². The van der Waals surface area contributed by atoms with Gasteiger partial charge in [-0.1, -0.05) is 21.6 Å². The number of nitrogens with zero attached hydrogens (tertiary/aromatic N) is 1. The zero-order valence-corrected chi connectivity index (χ0v) is 8.71. The highest BCUT2D eigenvalue weighted by molar-refractivity contribution is 8.76. The molecule has 2 aromatic rings. The fourth-order valence-electron chi connectivity index (χ4n) is 1.17. The third-order valence-corrected chi connectivity index (χ3v) is 3.43. The lowest BCUT2D eigenvalue weighted by Gasteiger charge is -1.96. The number of nitrogens with two attached hydrogens (primary N) is 1. The van der Waals surface area contributed by atoms with Gasteiger partial charge in [-0.2, -0.15) is 5.10 Å². The molecule has 0 atom stereocenters. The molecule has 5 heteroatoms. The zero-order valence-electron chi connectivity index (χ0n) is 7.07. The summed E-state index contributed by atoms with van der Waals surface area (Å²) in [5.74, 6) is 0.565. The van der Waals surface area contributed by atoms with Gasteiger partial charge in [0.1, 0.15) is 0 Å². The van der Waals surface area contributed by atoms with Gasteiger partial charge >= 0.3 is 0 Å². The van der Waals surface area contributed by atoms with E-state index >= 15 is 0 Å². The molecule has 2 rings (SSSR count). The van der Waals surface area contributed by atoms with Crippen molar-refractivity contribution in [2.75, 3.05) is 12.0 Å². The Bertz CT molecular complexity index is 424. The van der Waals surface area contributed by atoms with Crippen LogP contribution in [-0.4, -0.2) is 16.5 Å². The van der Waals surface area contributed by atoms with E-state index in [1.165, 1.54) is 4.90 Å². The SMILES string of the molecule is CSSc1ccc2c(N)n[nH]c2c1. The Morgan fingerprint density at radius 3 is 3.08 bits per heavy atom. The van der Waals surface area contributed by atoms with E-state index in [0.29, 0.717) is 5.82 Å². The van der Waals surface area contributed by atoms with Crippen LogP contribution in [0, 0.1) is 0 Å². The van der Waals surface area contributed by atoms with Gasteiger partial charge < -0.3 is 5.73 Å². The molecule has 0 aliphatic rings. The first-order valence-electron chi connectivity index (χ1n) is 3.75. The molecule has 0 spiro atoms. The van der Waals surface area contributed by atoms with Crippen molar-refractivity contribution in [2.45, 2.75) is 4.90 Å². The van der Waals surface area contributed by atoms with E-state index in [2.05, 4.69) is 28.6 Å². The van der Waals surface area contributed by atoms with Crippen molar-refractivity contribution < 1.29 is 0 Å². The zero-order chi connectivity index (χ0) is 9.26. The fraction of sp³-hybridized carbons (Fsp3) is 0.125. The van der Waals surface area contributed by atoms with Gasteiger partial charge in [-0.15, -0.1) is 0 Å². The molecule has 3 N–H and O–H groups in total. The van der Waals surface area contributed by atoms with E-state index in [1.54, 1.807) is 21.6 Å². The average molecular weight is 211 g/mol. The van der Waals surface area contributed by atoms with Gasteiger partial charge in [0.2, 0.25) is 0 Å². The first-order valence-corrected chi connectivity index (χ1v) is 6.31. The molecule has 1 heterocycles. The highest BCUT2D eigenvalue weighted by atomic mass is 33.1. The van der Waals surface area contributed by atoms with Crippen LogP contribution in [0.5, 0.6) is 0 Å². The number of benzene rings is 1. The molecule has 0 saturated heterocycles. The number of anilines is 1. The normalized spacial score (nSPS) is 10.8. The van der Waals surface area contributed by atoms with E-state index in [1.807, 2.05) is 6.07 Å². The van der Waals surface area contributed by atoms with Crippen LogP contribution in [0.4, 0.5) is 5.82 Å². The maximum atomic E-state index is 5.65. The number of rotatable bonds is 2. The van der Waals surface area contributed by atoms with Crippen molar-refractivity contribution in [1.82, 2.24) is 10.2 Å². The number of hydrogen-bond acceptors (Lipinski definition) is 4. The molecule has 3 nitrogen and oxygen atoms in total. The Morgan fingerprint density at radius 2 is 2.31 bits per heavy atom. The summed E-state index contributed by atoms with van der Waals surface area (Å²) < 4.78 is 0. The minimum atomic E-state index is 0.565.